The van der Waals surface area contributed by atoms with E-state index < -0.39 is 31.1 Å². The van der Waals surface area contributed by atoms with Crippen LogP contribution in [0.5, 0.6) is 5.75 Å². The van der Waals surface area contributed by atoms with Gasteiger partial charge in [0, 0.05) is 23.5 Å². The largest absolute Gasteiger partial charge is 0.488 e. The van der Waals surface area contributed by atoms with Crippen LogP contribution in [0.1, 0.15) is 27.0 Å². The van der Waals surface area contributed by atoms with Crippen LogP contribution in [0.4, 0.5) is 13.2 Å². The summed E-state index contributed by atoms with van der Waals surface area (Å²) < 4.78 is 42.0. The van der Waals surface area contributed by atoms with Gasteiger partial charge in [0.2, 0.25) is 5.91 Å². The number of alkyl halides is 3. The van der Waals surface area contributed by atoms with E-state index in [0.717, 1.165) is 16.7 Å². The van der Waals surface area contributed by atoms with Crippen molar-refractivity contribution in [1.29, 1.82) is 0 Å². The topological polar surface area (TPSA) is 80.3 Å². The third kappa shape index (κ3) is 6.57. The summed E-state index contributed by atoms with van der Waals surface area (Å²) in [6.07, 6.45) is -1.15. The van der Waals surface area contributed by atoms with Gasteiger partial charge < -0.3 is 15.4 Å². The minimum atomic E-state index is -4.50. The van der Waals surface area contributed by atoms with E-state index in [9.17, 15) is 22.8 Å². The minimum absolute atomic E-state index is 0.285. The van der Waals surface area contributed by atoms with Crippen molar-refractivity contribution in [1.82, 2.24) is 15.6 Å². The van der Waals surface area contributed by atoms with Crippen LogP contribution in [0.15, 0.2) is 36.7 Å². The summed E-state index contributed by atoms with van der Waals surface area (Å²) in [6, 6.07) is 6.86. The maximum atomic E-state index is 12.2. The summed E-state index contributed by atoms with van der Waals surface area (Å²) in [5.41, 5.74) is 2.62. The van der Waals surface area contributed by atoms with Crippen LogP contribution in [-0.4, -0.2) is 36.1 Å². The predicted molar refractivity (Wildman–Crippen MR) is 95.9 cm³/mol. The van der Waals surface area contributed by atoms with Crippen LogP contribution in [0.3, 0.4) is 0 Å². The summed E-state index contributed by atoms with van der Waals surface area (Å²) in [5.74, 6) is -0.856. The summed E-state index contributed by atoms with van der Waals surface area (Å²) in [4.78, 5) is 27.6. The number of halogens is 3. The van der Waals surface area contributed by atoms with Gasteiger partial charge in [-0.15, -0.1) is 0 Å². The molecule has 2 aromatic rings. The number of nitrogens with zero attached hydrogens (tertiary/aromatic N) is 1. The quantitative estimate of drug-likeness (QED) is 0.756. The number of pyridine rings is 1. The molecule has 0 bridgehead atoms. The fourth-order valence-corrected chi connectivity index (χ4v) is 2.47. The Morgan fingerprint density at radius 3 is 2.39 bits per heavy atom. The number of carbonyl (C=O) groups is 2. The van der Waals surface area contributed by atoms with E-state index in [1.807, 2.05) is 6.07 Å². The highest BCUT2D eigenvalue weighted by atomic mass is 19.4. The second-order valence-corrected chi connectivity index (χ2v) is 6.16. The lowest BCUT2D eigenvalue weighted by Gasteiger charge is -2.14. The highest BCUT2D eigenvalue weighted by molar-refractivity contribution is 5.97. The molecular formula is C19H20F3N3O3. The van der Waals surface area contributed by atoms with Crippen LogP contribution in [0.2, 0.25) is 0 Å². The molecule has 0 fully saturated rings. The van der Waals surface area contributed by atoms with E-state index in [1.165, 1.54) is 0 Å². The first kappa shape index (κ1) is 21.2. The van der Waals surface area contributed by atoms with Crippen LogP contribution in [0, 0.1) is 13.8 Å². The third-order valence-electron chi connectivity index (χ3n) is 3.72. The molecule has 150 valence electrons. The molecule has 0 aliphatic heterocycles. The number of amides is 2. The SMILES string of the molecule is Cc1cc(C(=O)NCC(=O)NCC(F)(F)F)cc(C)c1OCc1cccnc1. The van der Waals surface area contributed by atoms with Gasteiger partial charge in [0.25, 0.3) is 5.91 Å². The summed E-state index contributed by atoms with van der Waals surface area (Å²) in [5, 5.41) is 3.99. The van der Waals surface area contributed by atoms with Gasteiger partial charge in [0.1, 0.15) is 18.9 Å². The third-order valence-corrected chi connectivity index (χ3v) is 3.72. The fraction of sp³-hybridized carbons (Fsp3) is 0.316. The van der Waals surface area contributed by atoms with E-state index in [4.69, 9.17) is 4.74 Å². The van der Waals surface area contributed by atoms with E-state index in [-0.39, 0.29) is 5.56 Å². The average Bonchev–Trinajstić information content (AvgIpc) is 2.64. The summed E-state index contributed by atoms with van der Waals surface area (Å²) >= 11 is 0. The number of carbonyl (C=O) groups excluding carboxylic acids is 2. The van der Waals surface area contributed by atoms with Crippen molar-refractivity contribution in [2.75, 3.05) is 13.1 Å². The second-order valence-electron chi connectivity index (χ2n) is 6.16. The first-order valence-electron chi connectivity index (χ1n) is 8.40. The molecule has 0 aliphatic carbocycles. The Hall–Kier alpha value is -3.10. The first-order chi connectivity index (χ1) is 13.2. The maximum Gasteiger partial charge on any atom is 0.405 e. The molecule has 0 radical (unpaired) electrons. The van der Waals surface area contributed by atoms with Crippen LogP contribution < -0.4 is 15.4 Å². The lowest BCUT2D eigenvalue weighted by Crippen LogP contribution is -2.40. The van der Waals surface area contributed by atoms with Crippen LogP contribution in [0.25, 0.3) is 0 Å². The normalized spacial score (nSPS) is 11.0. The fourth-order valence-electron chi connectivity index (χ4n) is 2.47. The molecule has 28 heavy (non-hydrogen) atoms. The molecule has 1 aromatic carbocycles. The molecule has 0 aliphatic rings. The molecule has 1 aromatic heterocycles. The van der Waals surface area contributed by atoms with Crippen molar-refractivity contribution in [2.45, 2.75) is 26.6 Å². The van der Waals surface area contributed by atoms with Gasteiger partial charge in [-0.1, -0.05) is 6.07 Å². The number of nitrogens with one attached hydrogen (secondary N) is 2. The zero-order chi connectivity index (χ0) is 20.7. The van der Waals surface area contributed by atoms with Gasteiger partial charge in [-0.05, 0) is 43.2 Å². The van der Waals surface area contributed by atoms with E-state index in [1.54, 1.807) is 49.8 Å². The van der Waals surface area contributed by atoms with Gasteiger partial charge in [0.15, 0.2) is 0 Å². The lowest BCUT2D eigenvalue weighted by atomic mass is 10.0. The van der Waals surface area contributed by atoms with Gasteiger partial charge in [-0.2, -0.15) is 13.2 Å². The number of aromatic nitrogens is 1. The van der Waals surface area contributed by atoms with Gasteiger partial charge in [0.05, 0.1) is 6.54 Å². The molecule has 0 spiro atoms. The maximum absolute atomic E-state index is 12.2. The zero-order valence-corrected chi connectivity index (χ0v) is 15.4. The van der Waals surface area contributed by atoms with Crippen molar-refractivity contribution in [3.05, 3.63) is 58.9 Å². The van der Waals surface area contributed by atoms with Crippen LogP contribution in [-0.2, 0) is 11.4 Å². The van der Waals surface area contributed by atoms with Gasteiger partial charge >= 0.3 is 6.18 Å². The summed E-state index contributed by atoms with van der Waals surface area (Å²) in [7, 11) is 0. The molecule has 2 amide bonds. The molecular weight excluding hydrogens is 375 g/mol. The highest BCUT2D eigenvalue weighted by Gasteiger charge is 2.27. The Labute approximate surface area is 160 Å². The number of rotatable bonds is 7. The molecule has 9 heteroatoms. The number of ether oxygens (including phenoxy) is 1. The van der Waals surface area contributed by atoms with E-state index in [2.05, 4.69) is 10.3 Å². The Morgan fingerprint density at radius 2 is 1.82 bits per heavy atom. The second kappa shape index (κ2) is 9.20. The Morgan fingerprint density at radius 1 is 1.14 bits per heavy atom. The first-order valence-corrected chi connectivity index (χ1v) is 8.40. The predicted octanol–water partition coefficient (Wildman–Crippen LogP) is 2.69. The molecule has 6 nitrogen and oxygen atoms in total. The molecule has 0 saturated carbocycles. The molecule has 0 atom stereocenters. The zero-order valence-electron chi connectivity index (χ0n) is 15.4. The molecule has 1 heterocycles. The summed E-state index contributed by atoms with van der Waals surface area (Å²) in [6.45, 7) is 1.88. The Kier molecular flexibility index (Phi) is 6.97. The number of aryl methyl sites for hydroxylation is 2. The van der Waals surface area contributed by atoms with Crippen molar-refractivity contribution in [2.24, 2.45) is 0 Å². The van der Waals surface area contributed by atoms with Gasteiger partial charge in [-0.25, -0.2) is 0 Å². The molecule has 0 saturated heterocycles. The van der Waals surface area contributed by atoms with Gasteiger partial charge in [-0.3, -0.25) is 14.6 Å². The minimum Gasteiger partial charge on any atom is -0.488 e. The standard InChI is InChI=1S/C19H20F3N3O3/c1-12-6-15(18(27)24-9-16(26)25-11-19(20,21)22)7-13(2)17(12)28-10-14-4-3-5-23-8-14/h3-8H,9-11H2,1-2H3,(H,24,27)(H,25,26). The van der Waals surface area contributed by atoms with Crippen LogP contribution >= 0.6 is 0 Å². The molecule has 2 rings (SSSR count). The highest BCUT2D eigenvalue weighted by Crippen LogP contribution is 2.25. The number of benzene rings is 1. The van der Waals surface area contributed by atoms with Crippen molar-refractivity contribution in [3.63, 3.8) is 0 Å². The smallest absolute Gasteiger partial charge is 0.405 e. The lowest BCUT2D eigenvalue weighted by molar-refractivity contribution is -0.137. The molecule has 2 N–H and O–H groups in total. The monoisotopic (exact) mass is 395 g/mol. The van der Waals surface area contributed by atoms with Crippen molar-refractivity contribution in [3.8, 4) is 5.75 Å². The number of hydrogen-bond donors (Lipinski definition) is 2. The average molecular weight is 395 g/mol. The van der Waals surface area contributed by atoms with E-state index >= 15 is 0 Å². The van der Waals surface area contributed by atoms with E-state index in [0.29, 0.717) is 12.4 Å². The number of hydrogen-bond acceptors (Lipinski definition) is 4. The Balaban J connectivity index is 1.95. The van der Waals surface area contributed by atoms with Crippen molar-refractivity contribution >= 4 is 11.8 Å². The Bertz CT molecular complexity index is 816. The molecule has 0 unspecified atom stereocenters. The van der Waals surface area contributed by atoms with Crippen molar-refractivity contribution < 1.29 is 27.5 Å².